The van der Waals surface area contributed by atoms with Crippen molar-refractivity contribution < 1.29 is 9.90 Å². The first-order chi connectivity index (χ1) is 8.24. The summed E-state index contributed by atoms with van der Waals surface area (Å²) < 4.78 is 0. The largest absolute Gasteiger partial charge is 0.396 e. The molecule has 0 aromatic carbocycles. The quantitative estimate of drug-likeness (QED) is 0.707. The number of aliphatic hydroxyl groups is 1. The van der Waals surface area contributed by atoms with Crippen LogP contribution in [0.4, 0.5) is 5.82 Å². The summed E-state index contributed by atoms with van der Waals surface area (Å²) in [5.41, 5.74) is 0.511. The molecule has 1 saturated heterocycles. The number of aliphatic hydroxyl groups excluding tert-OH is 1. The molecule has 1 aromatic rings. The smallest absolute Gasteiger partial charge is 0.271 e. The first kappa shape index (κ1) is 11.9. The minimum atomic E-state index is -0.0182. The Morgan fingerprint density at radius 1 is 1.65 bits per heavy atom. The fraction of sp³-hybridized carbons (Fsp3) is 0.636. The Hall–Kier alpha value is -1.56. The number of anilines is 1. The van der Waals surface area contributed by atoms with Gasteiger partial charge in [-0.25, -0.2) is 0 Å². The van der Waals surface area contributed by atoms with Gasteiger partial charge in [0.1, 0.15) is 11.5 Å². The van der Waals surface area contributed by atoms with Gasteiger partial charge in [-0.05, 0) is 18.8 Å². The van der Waals surface area contributed by atoms with Gasteiger partial charge < -0.3 is 15.3 Å². The van der Waals surface area contributed by atoms with E-state index in [1.165, 1.54) is 0 Å². The first-order valence-corrected chi connectivity index (χ1v) is 5.88. The Balaban J connectivity index is 1.96. The van der Waals surface area contributed by atoms with Gasteiger partial charge in [-0.1, -0.05) is 0 Å². The summed E-state index contributed by atoms with van der Waals surface area (Å²) in [6.07, 6.45) is 1.74. The van der Waals surface area contributed by atoms with E-state index < -0.39 is 0 Å². The molecule has 2 heterocycles. The predicted molar refractivity (Wildman–Crippen MR) is 63.8 cm³/mol. The SMILES string of the molecule is CNc1cc(C(=O)N2CCC(CO)CC2)[nH]n1. The van der Waals surface area contributed by atoms with E-state index in [0.717, 1.165) is 12.8 Å². The Labute approximate surface area is 100 Å². The van der Waals surface area contributed by atoms with E-state index in [2.05, 4.69) is 15.5 Å². The standard InChI is InChI=1S/C11H18N4O2/c1-12-10-6-9(13-14-10)11(17)15-4-2-8(7-16)3-5-15/h6,8,16H,2-5,7H2,1H3,(H2,12,13,14). The molecule has 94 valence electrons. The van der Waals surface area contributed by atoms with Crippen molar-refractivity contribution in [1.29, 1.82) is 0 Å². The second kappa shape index (κ2) is 5.18. The number of H-pyrrole nitrogens is 1. The Morgan fingerprint density at radius 2 is 2.35 bits per heavy atom. The average Bonchev–Trinajstić information content (AvgIpc) is 2.87. The zero-order chi connectivity index (χ0) is 12.3. The lowest BCUT2D eigenvalue weighted by molar-refractivity contribution is 0.0645. The van der Waals surface area contributed by atoms with Crippen LogP contribution in [0, 0.1) is 5.92 Å². The van der Waals surface area contributed by atoms with Crippen molar-refractivity contribution in [2.45, 2.75) is 12.8 Å². The lowest BCUT2D eigenvalue weighted by Gasteiger charge is -2.30. The van der Waals surface area contributed by atoms with E-state index in [1.54, 1.807) is 18.0 Å². The zero-order valence-corrected chi connectivity index (χ0v) is 9.94. The van der Waals surface area contributed by atoms with Gasteiger partial charge in [-0.15, -0.1) is 0 Å². The number of aromatic amines is 1. The number of carbonyl (C=O) groups is 1. The molecule has 0 saturated carbocycles. The van der Waals surface area contributed by atoms with Gasteiger partial charge >= 0.3 is 0 Å². The van der Waals surface area contributed by atoms with Crippen LogP contribution in [-0.4, -0.2) is 52.9 Å². The number of rotatable bonds is 3. The summed E-state index contributed by atoms with van der Waals surface area (Å²) >= 11 is 0. The van der Waals surface area contributed by atoms with Crippen LogP contribution in [0.25, 0.3) is 0 Å². The third-order valence-electron chi connectivity index (χ3n) is 3.22. The van der Waals surface area contributed by atoms with Gasteiger partial charge in [0.05, 0.1) is 0 Å². The number of hydrogen-bond acceptors (Lipinski definition) is 4. The minimum absolute atomic E-state index is 0.0182. The number of amides is 1. The second-order valence-electron chi connectivity index (χ2n) is 4.34. The van der Waals surface area contributed by atoms with Crippen LogP contribution in [0.15, 0.2) is 6.07 Å². The average molecular weight is 238 g/mol. The molecule has 0 bridgehead atoms. The van der Waals surface area contributed by atoms with Crippen LogP contribution in [0.2, 0.25) is 0 Å². The topological polar surface area (TPSA) is 81.3 Å². The summed E-state index contributed by atoms with van der Waals surface area (Å²) in [6, 6.07) is 1.71. The number of hydrogen-bond donors (Lipinski definition) is 3. The monoisotopic (exact) mass is 238 g/mol. The highest BCUT2D eigenvalue weighted by atomic mass is 16.3. The lowest BCUT2D eigenvalue weighted by Crippen LogP contribution is -2.39. The van der Waals surface area contributed by atoms with Crippen molar-refractivity contribution in [3.05, 3.63) is 11.8 Å². The van der Waals surface area contributed by atoms with Gasteiger partial charge in [0.15, 0.2) is 0 Å². The van der Waals surface area contributed by atoms with Crippen LogP contribution in [0.3, 0.4) is 0 Å². The highest BCUT2D eigenvalue weighted by molar-refractivity contribution is 5.93. The van der Waals surface area contributed by atoms with Crippen molar-refractivity contribution in [2.24, 2.45) is 5.92 Å². The Kier molecular flexibility index (Phi) is 3.63. The predicted octanol–water partition coefficient (Wildman–Crippen LogP) is 0.296. The van der Waals surface area contributed by atoms with Crippen molar-refractivity contribution in [3.63, 3.8) is 0 Å². The van der Waals surface area contributed by atoms with Gasteiger partial charge in [0, 0.05) is 32.8 Å². The number of likely N-dealkylation sites (tertiary alicyclic amines) is 1. The molecule has 1 aliphatic rings. The number of piperidine rings is 1. The summed E-state index contributed by atoms with van der Waals surface area (Å²) in [4.78, 5) is 13.9. The second-order valence-corrected chi connectivity index (χ2v) is 4.34. The van der Waals surface area contributed by atoms with Gasteiger partial charge in [0.2, 0.25) is 0 Å². The first-order valence-electron chi connectivity index (χ1n) is 5.88. The third kappa shape index (κ3) is 2.58. The van der Waals surface area contributed by atoms with E-state index in [9.17, 15) is 4.79 Å². The maximum absolute atomic E-state index is 12.1. The molecule has 2 rings (SSSR count). The fourth-order valence-corrected chi connectivity index (χ4v) is 2.05. The summed E-state index contributed by atoms with van der Waals surface area (Å²) in [5, 5.41) is 18.6. The van der Waals surface area contributed by atoms with E-state index in [-0.39, 0.29) is 12.5 Å². The lowest BCUT2D eigenvalue weighted by atomic mass is 9.98. The van der Waals surface area contributed by atoms with Crippen LogP contribution < -0.4 is 5.32 Å². The number of aromatic nitrogens is 2. The number of nitrogens with one attached hydrogen (secondary N) is 2. The molecule has 1 amide bonds. The molecule has 6 nitrogen and oxygen atoms in total. The molecule has 6 heteroatoms. The Bertz CT molecular complexity index is 383. The zero-order valence-electron chi connectivity index (χ0n) is 9.94. The summed E-state index contributed by atoms with van der Waals surface area (Å²) in [7, 11) is 1.76. The van der Waals surface area contributed by atoms with E-state index in [4.69, 9.17) is 5.11 Å². The van der Waals surface area contributed by atoms with Crippen molar-refractivity contribution in [3.8, 4) is 0 Å². The molecule has 1 aliphatic heterocycles. The minimum Gasteiger partial charge on any atom is -0.396 e. The van der Waals surface area contributed by atoms with Gasteiger partial charge in [-0.2, -0.15) is 5.10 Å². The highest BCUT2D eigenvalue weighted by Crippen LogP contribution is 2.18. The molecule has 0 unspecified atom stereocenters. The molecule has 3 N–H and O–H groups in total. The highest BCUT2D eigenvalue weighted by Gasteiger charge is 2.24. The van der Waals surface area contributed by atoms with E-state index in [1.807, 2.05) is 0 Å². The molecule has 0 aliphatic carbocycles. The molecule has 0 atom stereocenters. The van der Waals surface area contributed by atoms with Gasteiger partial charge in [-0.3, -0.25) is 9.89 Å². The molecule has 17 heavy (non-hydrogen) atoms. The fourth-order valence-electron chi connectivity index (χ4n) is 2.05. The molecular weight excluding hydrogens is 220 g/mol. The van der Waals surface area contributed by atoms with Crippen molar-refractivity contribution in [2.75, 3.05) is 32.1 Å². The molecular formula is C11H18N4O2. The Morgan fingerprint density at radius 3 is 2.88 bits per heavy atom. The number of carbonyl (C=O) groups excluding carboxylic acids is 1. The van der Waals surface area contributed by atoms with Crippen LogP contribution in [-0.2, 0) is 0 Å². The molecule has 0 spiro atoms. The normalized spacial score (nSPS) is 17.2. The maximum atomic E-state index is 12.1. The summed E-state index contributed by atoms with van der Waals surface area (Å²) in [6.45, 7) is 1.63. The van der Waals surface area contributed by atoms with Crippen molar-refractivity contribution >= 4 is 11.7 Å². The van der Waals surface area contributed by atoms with Gasteiger partial charge in [0.25, 0.3) is 5.91 Å². The van der Waals surface area contributed by atoms with Crippen LogP contribution >= 0.6 is 0 Å². The van der Waals surface area contributed by atoms with E-state index >= 15 is 0 Å². The molecule has 0 radical (unpaired) electrons. The molecule has 1 fully saturated rings. The summed E-state index contributed by atoms with van der Waals surface area (Å²) in [5.74, 6) is 0.989. The third-order valence-corrected chi connectivity index (χ3v) is 3.22. The molecule has 1 aromatic heterocycles. The van der Waals surface area contributed by atoms with E-state index in [0.29, 0.717) is 30.5 Å². The number of nitrogens with zero attached hydrogens (tertiary/aromatic N) is 2. The maximum Gasteiger partial charge on any atom is 0.271 e. The van der Waals surface area contributed by atoms with Crippen molar-refractivity contribution in [1.82, 2.24) is 15.1 Å². The van der Waals surface area contributed by atoms with Crippen LogP contribution in [0.1, 0.15) is 23.3 Å². The van der Waals surface area contributed by atoms with Crippen LogP contribution in [0.5, 0.6) is 0 Å².